The van der Waals surface area contributed by atoms with Gasteiger partial charge >= 0.3 is 0 Å². The Labute approximate surface area is 190 Å². The smallest absolute Gasteiger partial charge is 0.166 e. The minimum absolute atomic E-state index is 0.410. The van der Waals surface area contributed by atoms with Crippen molar-refractivity contribution in [3.05, 3.63) is 11.1 Å². The number of fused-ring (bicyclic) bond motifs is 3. The Bertz CT molecular complexity index is 686. The summed E-state index contributed by atoms with van der Waals surface area (Å²) in [5.74, 6) is 3.87. The maximum atomic E-state index is 12.9. The quantitative estimate of drug-likeness (QED) is 0.412. The van der Waals surface area contributed by atoms with Crippen LogP contribution in [0.1, 0.15) is 105 Å². The molecule has 3 nitrogen and oxygen atoms in total. The van der Waals surface area contributed by atoms with Crippen LogP contribution < -0.4 is 0 Å². The molecular weight excluding hydrogens is 384 g/mol. The van der Waals surface area contributed by atoms with Gasteiger partial charge < -0.3 is 9.47 Å². The predicted octanol–water partition coefficient (Wildman–Crippen LogP) is 7.09. The summed E-state index contributed by atoms with van der Waals surface area (Å²) in [6, 6.07) is 0. The van der Waals surface area contributed by atoms with E-state index in [9.17, 15) is 4.79 Å². The lowest BCUT2D eigenvalue weighted by Gasteiger charge is -2.49. The Morgan fingerprint density at radius 1 is 1.00 bits per heavy atom. The summed E-state index contributed by atoms with van der Waals surface area (Å²) in [6.45, 7) is 13.2. The Morgan fingerprint density at radius 3 is 2.45 bits per heavy atom. The maximum absolute atomic E-state index is 12.9. The van der Waals surface area contributed by atoms with Crippen LogP contribution in [0.25, 0.3) is 0 Å². The highest BCUT2D eigenvalue weighted by atomic mass is 16.7. The number of Topliss-reactive ketones (excluding diaryl/α,β-unsaturated/α-hetero) is 1. The van der Waals surface area contributed by atoms with Crippen LogP contribution in [0.2, 0.25) is 0 Å². The van der Waals surface area contributed by atoms with Crippen molar-refractivity contribution in [2.75, 3.05) is 13.2 Å². The van der Waals surface area contributed by atoms with Gasteiger partial charge in [0, 0.05) is 12.8 Å². The first-order chi connectivity index (χ1) is 14.7. The second-order valence-corrected chi connectivity index (χ2v) is 12.0. The predicted molar refractivity (Wildman–Crippen MR) is 126 cm³/mol. The van der Waals surface area contributed by atoms with Crippen molar-refractivity contribution in [1.29, 1.82) is 0 Å². The fourth-order valence-corrected chi connectivity index (χ4v) is 7.86. The van der Waals surface area contributed by atoms with Crippen molar-refractivity contribution in [1.82, 2.24) is 0 Å². The van der Waals surface area contributed by atoms with Gasteiger partial charge in [0.2, 0.25) is 0 Å². The van der Waals surface area contributed by atoms with E-state index in [0.29, 0.717) is 30.3 Å². The highest BCUT2D eigenvalue weighted by Gasteiger charge is 2.54. The summed E-state index contributed by atoms with van der Waals surface area (Å²) < 4.78 is 11.6. The van der Waals surface area contributed by atoms with Crippen LogP contribution in [0.15, 0.2) is 11.1 Å². The van der Waals surface area contributed by atoms with Crippen molar-refractivity contribution in [3.8, 4) is 0 Å². The van der Waals surface area contributed by atoms with Crippen LogP contribution in [0.3, 0.4) is 0 Å². The number of allylic oxidation sites excluding steroid dienone is 2. The first kappa shape index (κ1) is 23.5. The second kappa shape index (κ2) is 9.29. The van der Waals surface area contributed by atoms with Crippen molar-refractivity contribution in [2.24, 2.45) is 35.0 Å². The van der Waals surface area contributed by atoms with Gasteiger partial charge in [0.15, 0.2) is 11.6 Å². The highest BCUT2D eigenvalue weighted by Crippen LogP contribution is 2.63. The topological polar surface area (TPSA) is 35.5 Å². The molecule has 0 aromatic heterocycles. The number of hydrogen-bond donors (Lipinski definition) is 0. The lowest BCUT2D eigenvalue weighted by atomic mass is 9.55. The molecule has 0 unspecified atom stereocenters. The van der Waals surface area contributed by atoms with Crippen molar-refractivity contribution >= 4 is 5.78 Å². The van der Waals surface area contributed by atoms with Gasteiger partial charge in [-0.15, -0.1) is 0 Å². The van der Waals surface area contributed by atoms with E-state index in [-0.39, 0.29) is 0 Å². The van der Waals surface area contributed by atoms with Gasteiger partial charge in [-0.3, -0.25) is 4.79 Å². The van der Waals surface area contributed by atoms with Crippen LogP contribution in [-0.4, -0.2) is 24.8 Å². The summed E-state index contributed by atoms with van der Waals surface area (Å²) in [5.41, 5.74) is 3.17. The van der Waals surface area contributed by atoms with E-state index < -0.39 is 5.79 Å². The molecule has 0 radical (unpaired) electrons. The summed E-state index contributed by atoms with van der Waals surface area (Å²) >= 11 is 0. The fraction of sp³-hybridized carbons (Fsp3) is 0.893. The molecule has 5 atom stereocenters. The lowest BCUT2D eigenvalue weighted by molar-refractivity contribution is -0.146. The number of ketones is 1. The monoisotopic (exact) mass is 430 g/mol. The van der Waals surface area contributed by atoms with Crippen LogP contribution in [0.4, 0.5) is 0 Å². The van der Waals surface area contributed by atoms with E-state index in [4.69, 9.17) is 9.47 Å². The van der Waals surface area contributed by atoms with Crippen molar-refractivity contribution in [2.45, 2.75) is 111 Å². The van der Waals surface area contributed by atoms with E-state index >= 15 is 0 Å². The van der Waals surface area contributed by atoms with Crippen LogP contribution >= 0.6 is 0 Å². The average Bonchev–Trinajstić information content (AvgIpc) is 3.30. The van der Waals surface area contributed by atoms with Gasteiger partial charge in [0.1, 0.15) is 0 Å². The molecule has 0 bridgehead atoms. The van der Waals surface area contributed by atoms with Gasteiger partial charge in [-0.25, -0.2) is 0 Å². The molecule has 0 aromatic carbocycles. The molecule has 1 aliphatic heterocycles. The maximum Gasteiger partial charge on any atom is 0.166 e. The van der Waals surface area contributed by atoms with Gasteiger partial charge in [0.25, 0.3) is 0 Å². The molecule has 1 heterocycles. The van der Waals surface area contributed by atoms with E-state index in [1.165, 1.54) is 44.1 Å². The van der Waals surface area contributed by atoms with Crippen LogP contribution in [-0.2, 0) is 14.3 Å². The third-order valence-electron chi connectivity index (χ3n) is 9.61. The van der Waals surface area contributed by atoms with Gasteiger partial charge in [-0.1, -0.05) is 52.5 Å². The minimum atomic E-state index is -0.492. The molecule has 0 aromatic rings. The zero-order chi connectivity index (χ0) is 22.2. The molecule has 0 N–H and O–H groups in total. The molecule has 2 saturated carbocycles. The number of carbonyl (C=O) groups excluding carboxylic acids is 1. The molecule has 176 valence electrons. The largest absolute Gasteiger partial charge is 0.348 e. The number of carbonyl (C=O) groups is 1. The van der Waals surface area contributed by atoms with Crippen molar-refractivity contribution < 1.29 is 14.3 Å². The molecule has 1 saturated heterocycles. The third kappa shape index (κ3) is 4.69. The second-order valence-electron chi connectivity index (χ2n) is 12.0. The van der Waals surface area contributed by atoms with Gasteiger partial charge in [-0.2, -0.15) is 0 Å². The summed E-state index contributed by atoms with van der Waals surface area (Å²) in [4.78, 5) is 12.9. The fourth-order valence-electron chi connectivity index (χ4n) is 7.86. The molecule has 3 heteroatoms. The Balaban J connectivity index is 1.47. The van der Waals surface area contributed by atoms with Crippen molar-refractivity contribution in [3.63, 3.8) is 0 Å². The summed E-state index contributed by atoms with van der Waals surface area (Å²) in [5, 5.41) is 0. The van der Waals surface area contributed by atoms with E-state index in [2.05, 4.69) is 27.7 Å². The molecule has 0 spiro atoms. The molecule has 4 aliphatic rings. The molecule has 4 rings (SSSR count). The summed E-state index contributed by atoms with van der Waals surface area (Å²) in [7, 11) is 0. The number of hydrogen-bond acceptors (Lipinski definition) is 3. The standard InChI is InChI=1S/C28H46O3/c1-19(2)7-6-8-20(3)24-10-11-25-22-9-12-26(29)23(21(22)13-15-27(24,25)4)14-16-28(5)30-17-18-31-28/h19-20,22,24-25H,6-18H2,1-5H3/t20-,22-,24-,25+,27-/m0/s1. The van der Waals surface area contributed by atoms with E-state index in [0.717, 1.165) is 61.3 Å². The lowest BCUT2D eigenvalue weighted by Crippen LogP contribution is -2.42. The first-order valence-corrected chi connectivity index (χ1v) is 13.3. The normalized spacial score (nSPS) is 36.1. The summed E-state index contributed by atoms with van der Waals surface area (Å²) in [6.07, 6.45) is 12.8. The molecule has 31 heavy (non-hydrogen) atoms. The average molecular weight is 431 g/mol. The zero-order valence-electron chi connectivity index (χ0n) is 20.8. The number of ether oxygens (including phenoxy) is 2. The first-order valence-electron chi connectivity index (χ1n) is 13.3. The number of rotatable bonds is 8. The molecule has 3 aliphatic carbocycles. The van der Waals surface area contributed by atoms with Gasteiger partial charge in [0.05, 0.1) is 13.2 Å². The zero-order valence-corrected chi connectivity index (χ0v) is 20.8. The molecule has 0 amide bonds. The third-order valence-corrected chi connectivity index (χ3v) is 9.61. The minimum Gasteiger partial charge on any atom is -0.348 e. The SMILES string of the molecule is CC(C)CCC[C@H](C)[C@@H]1CC[C@@H]2[C@H]3CCC(=O)C(CCC4(C)OCCO4)=C3CC[C@]21C. The van der Waals surface area contributed by atoms with Crippen LogP contribution in [0.5, 0.6) is 0 Å². The van der Waals surface area contributed by atoms with Crippen LogP contribution in [0, 0.1) is 35.0 Å². The Hall–Kier alpha value is -0.670. The Kier molecular flexibility index (Phi) is 7.04. The highest BCUT2D eigenvalue weighted by molar-refractivity contribution is 5.97. The van der Waals surface area contributed by atoms with E-state index in [1.54, 1.807) is 0 Å². The molecular formula is C28H46O3. The Morgan fingerprint density at radius 2 is 1.74 bits per heavy atom. The molecule has 3 fully saturated rings. The van der Waals surface area contributed by atoms with E-state index in [1.807, 2.05) is 6.92 Å². The van der Waals surface area contributed by atoms with Gasteiger partial charge in [-0.05, 0) is 86.0 Å².